The number of allylic oxidation sites excluding steroid dienone is 4. The van der Waals surface area contributed by atoms with Crippen LogP contribution < -0.4 is 0 Å². The molecule has 5 rings (SSSR count). The Morgan fingerprint density at radius 1 is 1.09 bits per heavy atom. The Labute approximate surface area is 137 Å². The van der Waals surface area contributed by atoms with Crippen molar-refractivity contribution in [2.75, 3.05) is 13.2 Å². The molecule has 0 N–H and O–H groups in total. The van der Waals surface area contributed by atoms with Crippen LogP contribution in [0.15, 0.2) is 53.6 Å². The Balaban J connectivity index is 1.83. The van der Waals surface area contributed by atoms with Gasteiger partial charge in [0.25, 0.3) is 0 Å². The van der Waals surface area contributed by atoms with Crippen LogP contribution in [0, 0.1) is 11.8 Å². The van der Waals surface area contributed by atoms with E-state index in [1.165, 1.54) is 27.8 Å². The smallest absolute Gasteiger partial charge is 0.222 e. The maximum atomic E-state index is 6.35. The first-order valence-electron chi connectivity index (χ1n) is 8.81. The maximum Gasteiger partial charge on any atom is 0.222 e. The molecule has 3 aliphatic carbocycles. The molecule has 2 atom stereocenters. The van der Waals surface area contributed by atoms with E-state index in [0.717, 1.165) is 32.5 Å². The van der Waals surface area contributed by atoms with E-state index in [0.29, 0.717) is 11.8 Å². The first kappa shape index (κ1) is 13.8. The molecule has 0 radical (unpaired) electrons. The molecule has 2 nitrogen and oxygen atoms in total. The summed E-state index contributed by atoms with van der Waals surface area (Å²) < 4.78 is 12.7. The molecule has 2 unspecified atom stereocenters. The molecule has 0 bridgehead atoms. The summed E-state index contributed by atoms with van der Waals surface area (Å²) in [5.41, 5.74) is 6.63. The van der Waals surface area contributed by atoms with Crippen LogP contribution in [0.4, 0.5) is 0 Å². The van der Waals surface area contributed by atoms with E-state index in [9.17, 15) is 0 Å². The zero-order valence-electron chi connectivity index (χ0n) is 13.5. The molecular formula is C21H22O2. The lowest BCUT2D eigenvalue weighted by atomic mass is 9.64. The van der Waals surface area contributed by atoms with Gasteiger partial charge in [0.05, 0.1) is 13.2 Å². The molecule has 0 saturated carbocycles. The average molecular weight is 306 g/mol. The molecule has 0 amide bonds. The predicted octanol–water partition coefficient (Wildman–Crippen LogP) is 4.59. The van der Waals surface area contributed by atoms with Gasteiger partial charge in [-0.2, -0.15) is 0 Å². The molecule has 1 saturated heterocycles. The lowest BCUT2D eigenvalue weighted by molar-refractivity contribution is -0.252. The normalized spacial score (nSPS) is 30.7. The molecule has 0 aromatic heterocycles. The summed E-state index contributed by atoms with van der Waals surface area (Å²) in [6, 6.07) is 8.63. The van der Waals surface area contributed by atoms with Crippen molar-refractivity contribution in [2.24, 2.45) is 11.8 Å². The van der Waals surface area contributed by atoms with Crippen molar-refractivity contribution in [1.82, 2.24) is 0 Å². The van der Waals surface area contributed by atoms with Crippen LogP contribution in [-0.2, 0) is 15.3 Å². The van der Waals surface area contributed by atoms with E-state index in [-0.39, 0.29) is 0 Å². The van der Waals surface area contributed by atoms with Crippen molar-refractivity contribution in [2.45, 2.75) is 32.0 Å². The fraction of sp³-hybridized carbons (Fsp3) is 0.429. The molecule has 1 spiro atoms. The molecule has 2 heteroatoms. The SMILES string of the molecule is CC1CC=C2C3=C(C=CCC31)c1ccccc1C21OCCCO1. The lowest BCUT2D eigenvalue weighted by Crippen LogP contribution is -2.45. The van der Waals surface area contributed by atoms with E-state index < -0.39 is 5.79 Å². The first-order valence-corrected chi connectivity index (χ1v) is 8.81. The summed E-state index contributed by atoms with van der Waals surface area (Å²) in [6.07, 6.45) is 10.3. The highest BCUT2D eigenvalue weighted by Crippen LogP contribution is 2.56. The molecule has 1 aromatic carbocycles. The van der Waals surface area contributed by atoms with Gasteiger partial charge in [-0.3, -0.25) is 0 Å². The van der Waals surface area contributed by atoms with Crippen molar-refractivity contribution < 1.29 is 9.47 Å². The zero-order valence-corrected chi connectivity index (χ0v) is 13.5. The van der Waals surface area contributed by atoms with E-state index >= 15 is 0 Å². The molecule has 23 heavy (non-hydrogen) atoms. The number of fused-ring (bicyclic) bond motifs is 4. The third-order valence-electron chi connectivity index (χ3n) is 5.83. The van der Waals surface area contributed by atoms with Crippen molar-refractivity contribution in [3.8, 4) is 0 Å². The molecule has 1 heterocycles. The van der Waals surface area contributed by atoms with Gasteiger partial charge >= 0.3 is 0 Å². The van der Waals surface area contributed by atoms with Crippen LogP contribution in [0.1, 0.15) is 37.3 Å². The van der Waals surface area contributed by atoms with Crippen molar-refractivity contribution in [1.29, 1.82) is 0 Å². The topological polar surface area (TPSA) is 18.5 Å². The predicted molar refractivity (Wildman–Crippen MR) is 90.7 cm³/mol. The van der Waals surface area contributed by atoms with E-state index in [4.69, 9.17) is 9.47 Å². The van der Waals surface area contributed by atoms with Gasteiger partial charge in [0.2, 0.25) is 5.79 Å². The Morgan fingerprint density at radius 2 is 1.91 bits per heavy atom. The molecule has 1 aliphatic heterocycles. The number of ether oxygens (including phenoxy) is 2. The van der Waals surface area contributed by atoms with Crippen molar-refractivity contribution in [3.63, 3.8) is 0 Å². The Kier molecular flexibility index (Phi) is 2.95. The third-order valence-corrected chi connectivity index (χ3v) is 5.83. The zero-order chi connectivity index (χ0) is 15.4. The van der Waals surface area contributed by atoms with Crippen LogP contribution in [0.5, 0.6) is 0 Å². The molecule has 4 aliphatic rings. The van der Waals surface area contributed by atoms with Crippen LogP contribution >= 0.6 is 0 Å². The van der Waals surface area contributed by atoms with Crippen LogP contribution in [-0.4, -0.2) is 13.2 Å². The lowest BCUT2D eigenvalue weighted by Gasteiger charge is -2.49. The Bertz CT molecular complexity index is 747. The maximum absolute atomic E-state index is 6.35. The van der Waals surface area contributed by atoms with Gasteiger partial charge in [0, 0.05) is 11.1 Å². The molecular weight excluding hydrogens is 284 g/mol. The van der Waals surface area contributed by atoms with Crippen molar-refractivity contribution >= 4 is 5.57 Å². The summed E-state index contributed by atoms with van der Waals surface area (Å²) in [6.45, 7) is 3.91. The monoisotopic (exact) mass is 306 g/mol. The Morgan fingerprint density at radius 3 is 2.78 bits per heavy atom. The minimum atomic E-state index is -0.669. The fourth-order valence-electron chi connectivity index (χ4n) is 4.72. The minimum Gasteiger partial charge on any atom is -0.342 e. The summed E-state index contributed by atoms with van der Waals surface area (Å²) >= 11 is 0. The summed E-state index contributed by atoms with van der Waals surface area (Å²) in [5.74, 6) is 0.603. The second-order valence-electron chi connectivity index (χ2n) is 7.12. The second kappa shape index (κ2) is 4.93. The molecule has 118 valence electrons. The first-order chi connectivity index (χ1) is 11.3. The number of hydrogen-bond donors (Lipinski definition) is 0. The summed E-state index contributed by atoms with van der Waals surface area (Å²) in [7, 11) is 0. The quantitative estimate of drug-likeness (QED) is 0.698. The van der Waals surface area contributed by atoms with Crippen LogP contribution in [0.2, 0.25) is 0 Å². The van der Waals surface area contributed by atoms with E-state index in [2.05, 4.69) is 49.4 Å². The summed E-state index contributed by atoms with van der Waals surface area (Å²) in [4.78, 5) is 0. The highest BCUT2D eigenvalue weighted by atomic mass is 16.7. The highest BCUT2D eigenvalue weighted by molar-refractivity contribution is 5.87. The van der Waals surface area contributed by atoms with Gasteiger partial charge in [-0.1, -0.05) is 49.4 Å². The minimum absolute atomic E-state index is 0.592. The molecule has 1 fully saturated rings. The summed E-state index contributed by atoms with van der Waals surface area (Å²) in [5, 5.41) is 0. The van der Waals surface area contributed by atoms with Crippen LogP contribution in [0.3, 0.4) is 0 Å². The standard InChI is InChI=1S/C21H22O2/c1-14-10-11-19-20-15(14)7-4-8-17(20)16-6-2-3-9-18(16)21(19)22-12-5-13-23-21/h2-4,6,8-9,11,14-15H,5,7,10,12-13H2,1H3. The van der Waals surface area contributed by atoms with Gasteiger partial charge in [-0.15, -0.1) is 0 Å². The van der Waals surface area contributed by atoms with Crippen molar-refractivity contribution in [3.05, 3.63) is 64.8 Å². The number of hydrogen-bond acceptors (Lipinski definition) is 2. The highest BCUT2D eigenvalue weighted by Gasteiger charge is 2.50. The fourth-order valence-corrected chi connectivity index (χ4v) is 4.72. The van der Waals surface area contributed by atoms with Gasteiger partial charge in [-0.05, 0) is 47.8 Å². The number of rotatable bonds is 0. The molecule has 1 aromatic rings. The van der Waals surface area contributed by atoms with E-state index in [1.54, 1.807) is 0 Å². The van der Waals surface area contributed by atoms with Crippen LogP contribution in [0.25, 0.3) is 5.57 Å². The van der Waals surface area contributed by atoms with Gasteiger partial charge in [-0.25, -0.2) is 0 Å². The van der Waals surface area contributed by atoms with Gasteiger partial charge in [0.1, 0.15) is 0 Å². The number of benzene rings is 1. The average Bonchev–Trinajstić information content (AvgIpc) is 2.62. The second-order valence-corrected chi connectivity index (χ2v) is 7.12. The largest absolute Gasteiger partial charge is 0.342 e. The van der Waals surface area contributed by atoms with Gasteiger partial charge < -0.3 is 9.47 Å². The van der Waals surface area contributed by atoms with Gasteiger partial charge in [0.15, 0.2) is 0 Å². The third kappa shape index (κ3) is 1.76. The van der Waals surface area contributed by atoms with E-state index in [1.807, 2.05) is 0 Å². The Hall–Kier alpha value is -1.64.